The van der Waals surface area contributed by atoms with Gasteiger partial charge in [-0.15, -0.1) is 10.2 Å². The summed E-state index contributed by atoms with van der Waals surface area (Å²) in [6.45, 7) is 3.99. The number of anilines is 1. The lowest BCUT2D eigenvalue weighted by Gasteiger charge is -2.10. The molecule has 0 saturated carbocycles. The fourth-order valence-electron chi connectivity index (χ4n) is 2.80. The minimum Gasteiger partial charge on any atom is -0.469 e. The van der Waals surface area contributed by atoms with Gasteiger partial charge in [0.05, 0.1) is 17.6 Å². The molecule has 3 aromatic rings. The Bertz CT molecular complexity index is 1140. The minimum absolute atomic E-state index is 0.0754. The summed E-state index contributed by atoms with van der Waals surface area (Å²) in [5, 5.41) is 8.73. The molecule has 28 heavy (non-hydrogen) atoms. The number of hydrogen-bond donors (Lipinski definition) is 2. The molecular formula is C17H20N6O4S. The number of Topliss-reactive ketones (excluding diaryl/α,β-unsaturated/α-hetero) is 1. The fraction of sp³-hybridized carbons (Fsp3) is 0.353. The van der Waals surface area contributed by atoms with E-state index >= 15 is 0 Å². The predicted molar refractivity (Wildman–Crippen MR) is 105 cm³/mol. The number of ketones is 1. The number of carbonyl (C=O) groups is 1. The van der Waals surface area contributed by atoms with Crippen LogP contribution in [0.1, 0.15) is 29.5 Å². The van der Waals surface area contributed by atoms with Crippen LogP contribution in [0.3, 0.4) is 0 Å². The number of nitrogen functional groups attached to an aromatic ring is 1. The monoisotopic (exact) mass is 404 g/mol. The van der Waals surface area contributed by atoms with Crippen molar-refractivity contribution in [2.75, 3.05) is 11.5 Å². The molecule has 0 unspecified atom stereocenters. The molecule has 0 spiro atoms. The summed E-state index contributed by atoms with van der Waals surface area (Å²) < 4.78 is 8.22. The predicted octanol–water partition coefficient (Wildman–Crippen LogP) is 1.20. The van der Waals surface area contributed by atoms with Gasteiger partial charge < -0.3 is 14.7 Å². The highest BCUT2D eigenvalue weighted by atomic mass is 32.2. The molecule has 11 heteroatoms. The van der Waals surface area contributed by atoms with E-state index in [1.807, 2.05) is 13.8 Å². The average Bonchev–Trinajstić information content (AvgIpc) is 3.22. The van der Waals surface area contributed by atoms with Crippen molar-refractivity contribution >= 4 is 23.4 Å². The molecular weight excluding hydrogens is 384 g/mol. The molecule has 3 N–H and O–H groups in total. The van der Waals surface area contributed by atoms with Crippen molar-refractivity contribution in [2.45, 2.75) is 32.0 Å². The Morgan fingerprint density at radius 3 is 2.75 bits per heavy atom. The van der Waals surface area contributed by atoms with Crippen molar-refractivity contribution in [2.24, 2.45) is 7.05 Å². The lowest BCUT2D eigenvalue weighted by Crippen LogP contribution is -2.36. The van der Waals surface area contributed by atoms with Crippen molar-refractivity contribution in [3.8, 4) is 11.4 Å². The van der Waals surface area contributed by atoms with E-state index in [1.54, 1.807) is 23.9 Å². The Kier molecular flexibility index (Phi) is 5.54. The lowest BCUT2D eigenvalue weighted by molar-refractivity contribution is 0.102. The maximum Gasteiger partial charge on any atom is 0.329 e. The highest BCUT2D eigenvalue weighted by molar-refractivity contribution is 7.99. The van der Waals surface area contributed by atoms with Crippen molar-refractivity contribution in [3.63, 3.8) is 0 Å². The van der Waals surface area contributed by atoms with Gasteiger partial charge in [0.2, 0.25) is 0 Å². The Morgan fingerprint density at radius 1 is 1.36 bits per heavy atom. The number of hydrogen-bond acceptors (Lipinski definition) is 8. The van der Waals surface area contributed by atoms with Crippen LogP contribution in [0.4, 0.5) is 5.82 Å². The molecule has 0 aliphatic carbocycles. The molecule has 0 saturated heterocycles. The average molecular weight is 404 g/mol. The first-order chi connectivity index (χ1) is 13.3. The summed E-state index contributed by atoms with van der Waals surface area (Å²) in [6.07, 6.45) is 2.20. The molecule has 0 bridgehead atoms. The fourth-order valence-corrected chi connectivity index (χ4v) is 3.58. The van der Waals surface area contributed by atoms with Gasteiger partial charge in [0.1, 0.15) is 17.1 Å². The van der Waals surface area contributed by atoms with Crippen molar-refractivity contribution < 1.29 is 9.21 Å². The van der Waals surface area contributed by atoms with E-state index in [2.05, 4.69) is 15.2 Å². The topological polar surface area (TPSA) is 142 Å². The number of aromatic amines is 1. The van der Waals surface area contributed by atoms with E-state index in [4.69, 9.17) is 10.2 Å². The number of nitrogens with one attached hydrogen (secondary N) is 1. The molecule has 3 heterocycles. The molecule has 0 aromatic carbocycles. The number of aromatic nitrogens is 5. The SMILES string of the molecule is CCCn1c(N)c(C(=O)CSc2nnc(-c3ccoc3C)n2C)c(=O)[nH]c1=O. The number of aryl methyl sites for hydroxylation is 1. The van der Waals surface area contributed by atoms with Crippen LogP contribution in [-0.2, 0) is 13.6 Å². The van der Waals surface area contributed by atoms with Gasteiger partial charge in [-0.25, -0.2) is 4.79 Å². The number of rotatable bonds is 7. The van der Waals surface area contributed by atoms with Gasteiger partial charge in [0, 0.05) is 13.6 Å². The van der Waals surface area contributed by atoms with Gasteiger partial charge in [-0.05, 0) is 19.4 Å². The van der Waals surface area contributed by atoms with Gasteiger partial charge in [-0.2, -0.15) is 0 Å². The van der Waals surface area contributed by atoms with Crippen LogP contribution >= 0.6 is 11.8 Å². The van der Waals surface area contributed by atoms with Crippen LogP contribution in [0.5, 0.6) is 0 Å². The summed E-state index contributed by atoms with van der Waals surface area (Å²) in [7, 11) is 1.77. The van der Waals surface area contributed by atoms with Crippen LogP contribution in [0.2, 0.25) is 0 Å². The van der Waals surface area contributed by atoms with Gasteiger partial charge in [0.25, 0.3) is 5.56 Å². The van der Waals surface area contributed by atoms with Crippen molar-refractivity contribution in [1.82, 2.24) is 24.3 Å². The first kappa shape index (κ1) is 19.7. The summed E-state index contributed by atoms with van der Waals surface area (Å²) in [5.74, 6) is 0.635. The smallest absolute Gasteiger partial charge is 0.329 e. The largest absolute Gasteiger partial charge is 0.469 e. The molecule has 3 rings (SSSR count). The highest BCUT2D eigenvalue weighted by Gasteiger charge is 2.21. The number of H-pyrrole nitrogens is 1. The van der Waals surface area contributed by atoms with Crippen LogP contribution in [0, 0.1) is 6.92 Å². The zero-order chi connectivity index (χ0) is 20.4. The molecule has 0 atom stereocenters. The Morgan fingerprint density at radius 2 is 2.11 bits per heavy atom. The Hall–Kier alpha value is -3.08. The van der Waals surface area contributed by atoms with E-state index in [1.165, 1.54) is 4.57 Å². The summed E-state index contributed by atoms with van der Waals surface area (Å²) in [6, 6.07) is 1.79. The van der Waals surface area contributed by atoms with Crippen LogP contribution in [0.15, 0.2) is 31.5 Å². The van der Waals surface area contributed by atoms with E-state index in [0.717, 1.165) is 17.3 Å². The highest BCUT2D eigenvalue weighted by Crippen LogP contribution is 2.26. The van der Waals surface area contributed by atoms with Gasteiger partial charge in [-0.3, -0.25) is 19.1 Å². The minimum atomic E-state index is -0.784. The van der Waals surface area contributed by atoms with E-state index in [-0.39, 0.29) is 17.1 Å². The quantitative estimate of drug-likeness (QED) is 0.442. The van der Waals surface area contributed by atoms with Gasteiger partial charge >= 0.3 is 5.69 Å². The zero-order valence-corrected chi connectivity index (χ0v) is 16.5. The number of thioether (sulfide) groups is 1. The van der Waals surface area contributed by atoms with Gasteiger partial charge in [0.15, 0.2) is 16.8 Å². The Labute approximate surface area is 163 Å². The van der Waals surface area contributed by atoms with E-state index < -0.39 is 17.0 Å². The van der Waals surface area contributed by atoms with E-state index in [0.29, 0.717) is 29.7 Å². The summed E-state index contributed by atoms with van der Waals surface area (Å²) >= 11 is 1.13. The third-order valence-corrected chi connectivity index (χ3v) is 5.25. The molecule has 0 aliphatic rings. The van der Waals surface area contributed by atoms with Gasteiger partial charge in [-0.1, -0.05) is 18.7 Å². The maximum atomic E-state index is 12.6. The number of nitrogens with two attached hydrogens (primary N) is 1. The van der Waals surface area contributed by atoms with Crippen LogP contribution in [0.25, 0.3) is 11.4 Å². The summed E-state index contributed by atoms with van der Waals surface area (Å²) in [5.41, 5.74) is 5.11. The zero-order valence-electron chi connectivity index (χ0n) is 15.7. The molecule has 0 aliphatic heterocycles. The van der Waals surface area contributed by atoms with Crippen molar-refractivity contribution in [3.05, 3.63) is 44.5 Å². The number of furan rings is 1. The maximum absolute atomic E-state index is 12.6. The Balaban J connectivity index is 1.83. The molecule has 0 radical (unpaired) electrons. The first-order valence-corrected chi connectivity index (χ1v) is 9.56. The van der Waals surface area contributed by atoms with E-state index in [9.17, 15) is 14.4 Å². The third-order valence-electron chi connectivity index (χ3n) is 4.23. The molecule has 0 fully saturated rings. The second kappa shape index (κ2) is 7.89. The first-order valence-electron chi connectivity index (χ1n) is 8.57. The third kappa shape index (κ3) is 3.52. The second-order valence-corrected chi connectivity index (χ2v) is 7.08. The normalized spacial score (nSPS) is 11.1. The molecule has 148 valence electrons. The lowest BCUT2D eigenvalue weighted by atomic mass is 10.2. The number of carbonyl (C=O) groups excluding carboxylic acids is 1. The van der Waals surface area contributed by atoms with Crippen molar-refractivity contribution in [1.29, 1.82) is 0 Å². The van der Waals surface area contributed by atoms with Crippen LogP contribution < -0.4 is 17.0 Å². The molecule has 10 nitrogen and oxygen atoms in total. The molecule has 0 amide bonds. The van der Waals surface area contributed by atoms with Crippen LogP contribution in [-0.4, -0.2) is 35.9 Å². The number of nitrogens with zero attached hydrogens (tertiary/aromatic N) is 4. The molecule has 3 aromatic heterocycles. The summed E-state index contributed by atoms with van der Waals surface area (Å²) in [4.78, 5) is 38.8. The standard InChI is InChI=1S/C17H20N6O4S/c1-4-6-23-13(18)12(15(25)19-16(23)26)11(24)8-28-17-21-20-14(22(17)3)10-5-7-27-9(10)2/h5,7H,4,6,8,18H2,1-3H3,(H,19,25,26). The second-order valence-electron chi connectivity index (χ2n) is 6.14.